The van der Waals surface area contributed by atoms with Crippen molar-refractivity contribution in [2.24, 2.45) is 28.8 Å². The molecule has 2 heterocycles. The molecule has 2 aromatic rings. The third kappa shape index (κ3) is 2.89. The Morgan fingerprint density at radius 1 is 1.10 bits per heavy atom. The molecule has 7 nitrogen and oxygen atoms in total. The molecule has 3 aliphatic rings. The number of rotatable bonds is 5. The van der Waals surface area contributed by atoms with Gasteiger partial charge in [0.25, 0.3) is 11.8 Å². The van der Waals surface area contributed by atoms with Gasteiger partial charge in [-0.1, -0.05) is 24.3 Å². The summed E-state index contributed by atoms with van der Waals surface area (Å²) in [5, 5.41) is 5.12. The predicted molar refractivity (Wildman–Crippen MR) is 107 cm³/mol. The second kappa shape index (κ2) is 7.09. The molecule has 5 rings (SSSR count). The number of hydrogen-bond donors (Lipinski definition) is 0. The summed E-state index contributed by atoms with van der Waals surface area (Å²) in [6.07, 6.45) is 6.38. The van der Waals surface area contributed by atoms with E-state index in [1.165, 1.54) is 6.21 Å². The number of hydrazone groups is 1. The summed E-state index contributed by atoms with van der Waals surface area (Å²) < 4.78 is 10.7. The van der Waals surface area contributed by atoms with Crippen molar-refractivity contribution in [2.75, 3.05) is 6.61 Å². The van der Waals surface area contributed by atoms with Crippen LogP contribution in [0.1, 0.15) is 29.5 Å². The molecule has 4 atom stereocenters. The summed E-state index contributed by atoms with van der Waals surface area (Å²) >= 11 is 0. The quantitative estimate of drug-likeness (QED) is 0.330. The highest BCUT2D eigenvalue weighted by molar-refractivity contribution is 6.06. The van der Waals surface area contributed by atoms with Gasteiger partial charge in [0.15, 0.2) is 0 Å². The summed E-state index contributed by atoms with van der Waals surface area (Å²) in [6.45, 7) is 2.08. The first-order valence-electron chi connectivity index (χ1n) is 10.0. The minimum atomic E-state index is -0.371. The molecular formula is C23H20N2O5. The van der Waals surface area contributed by atoms with E-state index in [9.17, 15) is 14.4 Å². The lowest BCUT2D eigenvalue weighted by atomic mass is 9.85. The Morgan fingerprint density at radius 3 is 2.40 bits per heavy atom. The Kier molecular flexibility index (Phi) is 4.38. The Bertz CT molecular complexity index is 1050. The molecule has 1 saturated carbocycles. The van der Waals surface area contributed by atoms with E-state index in [0.29, 0.717) is 23.7 Å². The first kappa shape index (κ1) is 18.5. The van der Waals surface area contributed by atoms with Gasteiger partial charge in [0.1, 0.15) is 11.5 Å². The predicted octanol–water partition coefficient (Wildman–Crippen LogP) is 3.26. The van der Waals surface area contributed by atoms with Crippen molar-refractivity contribution in [1.82, 2.24) is 5.01 Å². The number of furan rings is 1. The van der Waals surface area contributed by atoms with Crippen LogP contribution < -0.4 is 0 Å². The molecule has 2 aliphatic carbocycles. The van der Waals surface area contributed by atoms with Crippen molar-refractivity contribution in [3.8, 4) is 11.3 Å². The Hall–Kier alpha value is -3.48. The SMILES string of the molecule is CCOC(=O)c1ccc(-c2ccc(C=NN3C(=O)C4C5C=CC(C5)C4C3=O)o2)cc1. The largest absolute Gasteiger partial charge is 0.462 e. The molecule has 2 bridgehead atoms. The van der Waals surface area contributed by atoms with Crippen LogP contribution in [0.5, 0.6) is 0 Å². The molecule has 1 aliphatic heterocycles. The van der Waals surface area contributed by atoms with Gasteiger partial charge in [-0.05, 0) is 49.4 Å². The number of amides is 2. The molecule has 7 heteroatoms. The summed E-state index contributed by atoms with van der Waals surface area (Å²) in [7, 11) is 0. The second-order valence-electron chi connectivity index (χ2n) is 7.73. The normalized spacial score (nSPS) is 26.8. The lowest BCUT2D eigenvalue weighted by Gasteiger charge is -2.13. The number of benzene rings is 1. The highest BCUT2D eigenvalue weighted by Crippen LogP contribution is 2.52. The molecule has 1 aromatic heterocycles. The van der Waals surface area contributed by atoms with Crippen molar-refractivity contribution in [3.63, 3.8) is 0 Å². The molecular weight excluding hydrogens is 384 g/mol. The van der Waals surface area contributed by atoms with Gasteiger partial charge in [-0.2, -0.15) is 10.1 Å². The van der Waals surface area contributed by atoms with E-state index in [-0.39, 0.29) is 41.5 Å². The number of nitrogens with zero attached hydrogens (tertiary/aromatic N) is 2. The number of allylic oxidation sites excluding steroid dienone is 2. The van der Waals surface area contributed by atoms with E-state index in [1.807, 2.05) is 0 Å². The molecule has 1 saturated heterocycles. The number of carbonyl (C=O) groups excluding carboxylic acids is 3. The second-order valence-corrected chi connectivity index (χ2v) is 7.73. The van der Waals surface area contributed by atoms with E-state index in [4.69, 9.17) is 9.15 Å². The van der Waals surface area contributed by atoms with Crippen LogP contribution in [0, 0.1) is 23.7 Å². The fraction of sp³-hybridized carbons (Fsp3) is 0.304. The van der Waals surface area contributed by atoms with E-state index < -0.39 is 0 Å². The lowest BCUT2D eigenvalue weighted by molar-refractivity contribution is -0.140. The van der Waals surface area contributed by atoms with Gasteiger partial charge in [-0.25, -0.2) is 4.79 Å². The molecule has 0 spiro atoms. The molecule has 2 amide bonds. The fourth-order valence-electron chi connectivity index (χ4n) is 4.68. The number of carbonyl (C=O) groups is 3. The Balaban J connectivity index is 1.30. The monoisotopic (exact) mass is 404 g/mol. The van der Waals surface area contributed by atoms with Crippen LogP contribution in [0.4, 0.5) is 0 Å². The van der Waals surface area contributed by atoms with Crippen LogP contribution in [-0.2, 0) is 14.3 Å². The van der Waals surface area contributed by atoms with Crippen LogP contribution in [0.25, 0.3) is 11.3 Å². The van der Waals surface area contributed by atoms with E-state index in [0.717, 1.165) is 17.0 Å². The molecule has 1 aromatic carbocycles. The zero-order valence-electron chi connectivity index (χ0n) is 16.4. The maximum Gasteiger partial charge on any atom is 0.338 e. The molecule has 0 N–H and O–H groups in total. The molecule has 4 unspecified atom stereocenters. The third-order valence-corrected chi connectivity index (χ3v) is 6.05. The molecule has 2 fully saturated rings. The third-order valence-electron chi connectivity index (χ3n) is 6.05. The van der Waals surface area contributed by atoms with Crippen LogP contribution in [0.2, 0.25) is 0 Å². The summed E-state index contributed by atoms with van der Waals surface area (Å²) in [5.41, 5.74) is 1.25. The lowest BCUT2D eigenvalue weighted by Crippen LogP contribution is -2.28. The number of esters is 1. The molecule has 152 valence electrons. The van der Waals surface area contributed by atoms with Crippen LogP contribution >= 0.6 is 0 Å². The number of imide groups is 1. The fourth-order valence-corrected chi connectivity index (χ4v) is 4.68. The van der Waals surface area contributed by atoms with Gasteiger partial charge >= 0.3 is 5.97 Å². The molecule has 30 heavy (non-hydrogen) atoms. The van der Waals surface area contributed by atoms with E-state index in [1.54, 1.807) is 43.3 Å². The standard InChI is InChI=1S/C23H20N2O5/c1-2-29-23(28)14-5-3-13(4-6-14)18-10-9-17(30-18)12-24-25-21(26)19-15-7-8-16(11-15)20(19)22(25)27/h3-10,12,15-16,19-20H,2,11H2,1H3. The van der Waals surface area contributed by atoms with Gasteiger partial charge in [0.2, 0.25) is 0 Å². The van der Waals surface area contributed by atoms with Crippen LogP contribution in [-0.4, -0.2) is 35.6 Å². The first-order chi connectivity index (χ1) is 14.6. The summed E-state index contributed by atoms with van der Waals surface area (Å²) in [4.78, 5) is 37.1. The minimum Gasteiger partial charge on any atom is -0.462 e. The minimum absolute atomic E-state index is 0.157. The van der Waals surface area contributed by atoms with E-state index >= 15 is 0 Å². The zero-order chi connectivity index (χ0) is 20.8. The number of ether oxygens (including phenoxy) is 1. The van der Waals surface area contributed by atoms with Crippen LogP contribution in [0.15, 0.2) is 58.1 Å². The summed E-state index contributed by atoms with van der Waals surface area (Å²) in [5.74, 6) is -0.0230. The van der Waals surface area contributed by atoms with Crippen molar-refractivity contribution >= 4 is 24.0 Å². The average molecular weight is 404 g/mol. The van der Waals surface area contributed by atoms with Gasteiger partial charge < -0.3 is 9.15 Å². The van der Waals surface area contributed by atoms with Gasteiger partial charge in [0.05, 0.1) is 30.2 Å². The van der Waals surface area contributed by atoms with Gasteiger partial charge in [0, 0.05) is 5.56 Å². The topological polar surface area (TPSA) is 89.2 Å². The van der Waals surface area contributed by atoms with Crippen molar-refractivity contribution < 1.29 is 23.5 Å². The maximum atomic E-state index is 12.7. The van der Waals surface area contributed by atoms with Crippen molar-refractivity contribution in [2.45, 2.75) is 13.3 Å². The van der Waals surface area contributed by atoms with Crippen molar-refractivity contribution in [3.05, 3.63) is 59.9 Å². The smallest absolute Gasteiger partial charge is 0.338 e. The molecule has 0 radical (unpaired) electrons. The number of hydrogen-bond acceptors (Lipinski definition) is 6. The summed E-state index contributed by atoms with van der Waals surface area (Å²) in [6, 6.07) is 10.4. The maximum absolute atomic E-state index is 12.7. The highest BCUT2D eigenvalue weighted by atomic mass is 16.5. The van der Waals surface area contributed by atoms with Gasteiger partial charge in [-0.3, -0.25) is 9.59 Å². The highest BCUT2D eigenvalue weighted by Gasteiger charge is 2.59. The van der Waals surface area contributed by atoms with Crippen molar-refractivity contribution in [1.29, 1.82) is 0 Å². The Morgan fingerprint density at radius 2 is 1.77 bits per heavy atom. The van der Waals surface area contributed by atoms with E-state index in [2.05, 4.69) is 17.3 Å². The van der Waals surface area contributed by atoms with Crippen LogP contribution in [0.3, 0.4) is 0 Å². The van der Waals surface area contributed by atoms with Gasteiger partial charge in [-0.15, -0.1) is 0 Å². The average Bonchev–Trinajstić information content (AvgIpc) is 3.52. The Labute approximate surface area is 173 Å². The first-order valence-corrected chi connectivity index (χ1v) is 10.0. The zero-order valence-corrected chi connectivity index (χ0v) is 16.4. The number of fused-ring (bicyclic) bond motifs is 5.